The molecule has 0 saturated carbocycles. The second-order valence-corrected chi connectivity index (χ2v) is 6.27. The number of nitrogens with one attached hydrogen (secondary N) is 1. The van der Waals surface area contributed by atoms with Crippen molar-refractivity contribution in [1.29, 1.82) is 0 Å². The van der Waals surface area contributed by atoms with Crippen LogP contribution in [-0.4, -0.2) is 11.9 Å². The lowest BCUT2D eigenvalue weighted by atomic mass is 9.87. The van der Waals surface area contributed by atoms with Gasteiger partial charge in [0.25, 0.3) is 0 Å². The maximum Gasteiger partial charge on any atom is 0.241 e. The molecule has 3 N–H and O–H groups in total. The van der Waals surface area contributed by atoms with Crippen LogP contribution >= 0.6 is 15.9 Å². The smallest absolute Gasteiger partial charge is 0.241 e. The Kier molecular flexibility index (Phi) is 4.50. The van der Waals surface area contributed by atoms with Gasteiger partial charge in [0.05, 0.1) is 10.5 Å². The predicted octanol–water partition coefficient (Wildman–Crippen LogP) is 3.21. The zero-order chi connectivity index (χ0) is 14.1. The molecule has 18 heavy (non-hydrogen) atoms. The van der Waals surface area contributed by atoms with E-state index in [-0.39, 0.29) is 17.1 Å². The fourth-order valence-corrected chi connectivity index (χ4v) is 1.73. The van der Waals surface area contributed by atoms with Crippen LogP contribution in [0.25, 0.3) is 0 Å². The molecule has 1 atom stereocenters. The highest BCUT2D eigenvalue weighted by Gasteiger charge is 2.27. The molecule has 0 aromatic heterocycles. The first-order valence-electron chi connectivity index (χ1n) is 5.65. The van der Waals surface area contributed by atoms with Crippen molar-refractivity contribution < 1.29 is 9.18 Å². The maximum absolute atomic E-state index is 13.3. The third-order valence-electron chi connectivity index (χ3n) is 2.74. The number of hydrogen-bond acceptors (Lipinski definition) is 2. The summed E-state index contributed by atoms with van der Waals surface area (Å²) in [7, 11) is 0. The third-order valence-corrected chi connectivity index (χ3v) is 3.35. The van der Waals surface area contributed by atoms with Crippen molar-refractivity contribution >= 4 is 27.5 Å². The van der Waals surface area contributed by atoms with Gasteiger partial charge in [-0.2, -0.15) is 0 Å². The van der Waals surface area contributed by atoms with Crippen LogP contribution in [0.15, 0.2) is 16.6 Å². The predicted molar refractivity (Wildman–Crippen MR) is 74.9 cm³/mol. The molecular weight excluding hydrogens is 299 g/mol. The monoisotopic (exact) mass is 316 g/mol. The molecule has 1 aromatic carbocycles. The summed E-state index contributed by atoms with van der Waals surface area (Å²) >= 11 is 3.09. The van der Waals surface area contributed by atoms with Crippen LogP contribution in [0.4, 0.5) is 10.1 Å². The minimum absolute atomic E-state index is 0.274. The van der Waals surface area contributed by atoms with Gasteiger partial charge in [-0.25, -0.2) is 4.39 Å². The average molecular weight is 317 g/mol. The number of rotatable bonds is 2. The van der Waals surface area contributed by atoms with E-state index in [1.54, 1.807) is 6.92 Å². The summed E-state index contributed by atoms with van der Waals surface area (Å²) in [6.45, 7) is 7.41. The molecule has 0 aliphatic heterocycles. The van der Waals surface area contributed by atoms with Crippen molar-refractivity contribution in [2.24, 2.45) is 11.1 Å². The third kappa shape index (κ3) is 3.53. The average Bonchev–Trinajstić information content (AvgIpc) is 2.23. The van der Waals surface area contributed by atoms with E-state index in [2.05, 4.69) is 21.2 Å². The Morgan fingerprint density at radius 2 is 2.00 bits per heavy atom. The molecule has 1 aromatic rings. The van der Waals surface area contributed by atoms with Gasteiger partial charge in [-0.1, -0.05) is 20.8 Å². The SMILES string of the molecule is Cc1cc(F)c(Br)cc1NC(=O)C(N)C(C)(C)C. The summed E-state index contributed by atoms with van der Waals surface area (Å²) in [5.74, 6) is -0.630. The molecule has 0 aliphatic carbocycles. The molecule has 100 valence electrons. The lowest BCUT2D eigenvalue weighted by Gasteiger charge is -2.26. The van der Waals surface area contributed by atoms with Gasteiger partial charge in [0.2, 0.25) is 5.91 Å². The Morgan fingerprint density at radius 1 is 1.44 bits per heavy atom. The van der Waals surface area contributed by atoms with Crippen LogP contribution in [0.5, 0.6) is 0 Å². The molecule has 3 nitrogen and oxygen atoms in total. The Bertz CT molecular complexity index is 469. The highest BCUT2D eigenvalue weighted by atomic mass is 79.9. The zero-order valence-electron chi connectivity index (χ0n) is 11.0. The molecule has 0 heterocycles. The standard InChI is InChI=1S/C13H18BrFN2O/c1-7-5-9(15)8(14)6-10(7)17-12(18)11(16)13(2,3)4/h5-6,11H,16H2,1-4H3,(H,17,18). The quantitative estimate of drug-likeness (QED) is 0.880. The summed E-state index contributed by atoms with van der Waals surface area (Å²) in [5, 5.41) is 2.72. The summed E-state index contributed by atoms with van der Waals surface area (Å²) in [6, 6.07) is 2.28. The van der Waals surface area contributed by atoms with Crippen molar-refractivity contribution in [1.82, 2.24) is 0 Å². The Morgan fingerprint density at radius 3 is 2.50 bits per heavy atom. The molecule has 0 bridgehead atoms. The van der Waals surface area contributed by atoms with Gasteiger partial charge in [0.15, 0.2) is 0 Å². The summed E-state index contributed by atoms with van der Waals surface area (Å²) in [4.78, 5) is 12.0. The van der Waals surface area contributed by atoms with Gasteiger partial charge in [0, 0.05) is 5.69 Å². The number of halogens is 2. The number of benzene rings is 1. The molecule has 0 aliphatic rings. The van der Waals surface area contributed by atoms with E-state index in [4.69, 9.17) is 5.73 Å². The van der Waals surface area contributed by atoms with Crippen molar-refractivity contribution in [2.75, 3.05) is 5.32 Å². The number of carbonyl (C=O) groups excluding carboxylic acids is 1. The molecular formula is C13H18BrFN2O. The highest BCUT2D eigenvalue weighted by Crippen LogP contribution is 2.25. The van der Waals surface area contributed by atoms with Crippen molar-refractivity contribution in [3.8, 4) is 0 Å². The fraction of sp³-hybridized carbons (Fsp3) is 0.462. The number of carbonyl (C=O) groups is 1. The summed E-state index contributed by atoms with van der Waals surface area (Å²) < 4.78 is 13.6. The summed E-state index contributed by atoms with van der Waals surface area (Å²) in [5.41, 5.74) is 6.76. The molecule has 1 rings (SSSR count). The lowest BCUT2D eigenvalue weighted by molar-refractivity contribution is -0.119. The van der Waals surface area contributed by atoms with E-state index in [0.717, 1.165) is 0 Å². The number of nitrogens with two attached hydrogens (primary N) is 1. The van der Waals surface area contributed by atoms with Crippen molar-refractivity contribution in [3.05, 3.63) is 28.0 Å². The van der Waals surface area contributed by atoms with Gasteiger partial charge in [-0.3, -0.25) is 4.79 Å². The van der Waals surface area contributed by atoms with Crippen LogP contribution < -0.4 is 11.1 Å². The Labute approximate surface area is 115 Å². The second kappa shape index (κ2) is 5.36. The minimum Gasteiger partial charge on any atom is -0.324 e. The molecule has 1 amide bonds. The van der Waals surface area contributed by atoms with Crippen molar-refractivity contribution in [3.63, 3.8) is 0 Å². The molecule has 0 saturated heterocycles. The fourth-order valence-electron chi connectivity index (χ4n) is 1.38. The molecule has 1 unspecified atom stereocenters. The van der Waals surface area contributed by atoms with E-state index in [9.17, 15) is 9.18 Å². The number of aryl methyl sites for hydroxylation is 1. The van der Waals surface area contributed by atoms with Gasteiger partial charge < -0.3 is 11.1 Å². The first-order valence-corrected chi connectivity index (χ1v) is 6.44. The van der Waals surface area contributed by atoms with E-state index >= 15 is 0 Å². The van der Waals surface area contributed by atoms with Crippen LogP contribution in [0.1, 0.15) is 26.3 Å². The Balaban J connectivity index is 2.92. The van der Waals surface area contributed by atoms with Crippen LogP contribution in [0.2, 0.25) is 0 Å². The number of amides is 1. The van der Waals surface area contributed by atoms with Gasteiger partial charge in [-0.15, -0.1) is 0 Å². The second-order valence-electron chi connectivity index (χ2n) is 5.41. The first-order chi connectivity index (χ1) is 8.12. The van der Waals surface area contributed by atoms with E-state index < -0.39 is 6.04 Å². The van der Waals surface area contributed by atoms with Crippen LogP contribution in [-0.2, 0) is 4.79 Å². The Hall–Kier alpha value is -0.940. The number of hydrogen-bond donors (Lipinski definition) is 2. The molecule has 5 heteroatoms. The normalized spacial score (nSPS) is 13.3. The van der Waals surface area contributed by atoms with Crippen LogP contribution in [0.3, 0.4) is 0 Å². The molecule has 0 fully saturated rings. The maximum atomic E-state index is 13.3. The minimum atomic E-state index is -0.624. The van der Waals surface area contributed by atoms with E-state index in [1.807, 2.05) is 20.8 Å². The zero-order valence-corrected chi connectivity index (χ0v) is 12.6. The summed E-state index contributed by atoms with van der Waals surface area (Å²) in [6.07, 6.45) is 0. The van der Waals surface area contributed by atoms with Crippen molar-refractivity contribution in [2.45, 2.75) is 33.7 Å². The first kappa shape index (κ1) is 15.1. The van der Waals surface area contributed by atoms with Crippen LogP contribution in [0, 0.1) is 18.2 Å². The highest BCUT2D eigenvalue weighted by molar-refractivity contribution is 9.10. The van der Waals surface area contributed by atoms with Gasteiger partial charge in [0.1, 0.15) is 5.82 Å². The van der Waals surface area contributed by atoms with Gasteiger partial charge in [-0.05, 0) is 46.0 Å². The molecule has 0 radical (unpaired) electrons. The van der Waals surface area contributed by atoms with E-state index in [0.29, 0.717) is 15.7 Å². The lowest BCUT2D eigenvalue weighted by Crippen LogP contribution is -2.45. The largest absolute Gasteiger partial charge is 0.324 e. The molecule has 0 spiro atoms. The topological polar surface area (TPSA) is 55.1 Å². The number of anilines is 1. The van der Waals surface area contributed by atoms with Gasteiger partial charge >= 0.3 is 0 Å². The van der Waals surface area contributed by atoms with E-state index in [1.165, 1.54) is 12.1 Å².